The maximum absolute atomic E-state index is 11.8. The van der Waals surface area contributed by atoms with Gasteiger partial charge < -0.3 is 145 Å². The number of hydrogen-bond acceptors (Lipinski definition) is 40. The predicted octanol–water partition coefficient (Wildman–Crippen LogP) is 1.96. The highest BCUT2D eigenvalue weighted by atomic mass is 16.7. The summed E-state index contributed by atoms with van der Waals surface area (Å²) in [6, 6.07) is 0. The van der Waals surface area contributed by atoms with Crippen molar-refractivity contribution in [3.05, 3.63) is 85.6 Å². The number of allylic oxidation sites excluding steroid dienone is 3. The fraction of sp³-hybridized carbons (Fsp3) is 0.613. The SMILES string of the molecule is C.C=C(O)C=CC(=O)O[C@@H]1CO[C@H]2[C@@H]1OC[C@H]2OC(=O)C=CC(=O)O.C=C(O)C=CC(=O)O[C@H]1CO[C@H]2[C@@H]1OC[C@@H]2OC(=O)C=CC(=O)O.C=C(O)CCC(=O)O[C@H]1CO[C@H]2[C@@H]1OC[C@@H]2OC(=O)CCC(=O)O.CC(=O)CCCC(=O)O[C@@H]1CO[C@H]2[C@@H]1OC[C@H]2OC(=O)CCCC(=O)O.CC(=O)CCCC(=O)O[C@H]1CO[C@H]2[C@@H]1OC[C@@H]2OC(=O)CCCC(=O)O. The summed E-state index contributed by atoms with van der Waals surface area (Å²) in [6.45, 7) is 13.6. The van der Waals surface area contributed by atoms with E-state index >= 15 is 0 Å². The highest BCUT2D eigenvalue weighted by Gasteiger charge is 2.56. The number of aliphatic carboxylic acids is 5. The van der Waals surface area contributed by atoms with Crippen LogP contribution in [-0.4, -0.2) is 330 Å². The molecule has 10 heterocycles. The van der Waals surface area contributed by atoms with E-state index in [2.05, 4.69) is 19.7 Å². The molecule has 0 unspecified atom stereocenters. The molecule has 0 amide bonds. The topological polar surface area (TPSA) is 637 Å². The van der Waals surface area contributed by atoms with Crippen molar-refractivity contribution in [2.24, 2.45) is 0 Å². The van der Waals surface area contributed by atoms with E-state index in [0.717, 1.165) is 36.5 Å². The lowest BCUT2D eigenvalue weighted by atomic mass is 10.1. The van der Waals surface area contributed by atoms with Crippen molar-refractivity contribution in [3.63, 3.8) is 0 Å². The zero-order valence-corrected chi connectivity index (χ0v) is 67.4. The zero-order valence-electron chi connectivity index (χ0n) is 67.4. The molecule has 125 heavy (non-hydrogen) atoms. The smallest absolute Gasteiger partial charge is 0.331 e. The molecule has 10 saturated heterocycles. The lowest BCUT2D eigenvalue weighted by Crippen LogP contribution is -2.36. The van der Waals surface area contributed by atoms with Gasteiger partial charge in [0.05, 0.1) is 91.1 Å². The molecule has 0 radical (unpaired) electrons. The van der Waals surface area contributed by atoms with Gasteiger partial charge in [-0.05, 0) is 51.7 Å². The molecule has 0 aromatic carbocycles. The molecule has 0 aromatic rings. The summed E-state index contributed by atoms with van der Waals surface area (Å²) in [5.41, 5.74) is 0. The number of carbonyl (C=O) groups excluding carboxylic acids is 12. The lowest BCUT2D eigenvalue weighted by Gasteiger charge is -2.17. The Morgan fingerprint density at radius 2 is 0.432 bits per heavy atom. The van der Waals surface area contributed by atoms with Crippen molar-refractivity contribution in [1.29, 1.82) is 0 Å². The number of fused-ring (bicyclic) bond motifs is 5. The van der Waals surface area contributed by atoms with Gasteiger partial charge in [-0.3, -0.25) is 43.2 Å². The normalized spacial score (nSPS) is 27.7. The van der Waals surface area contributed by atoms with Gasteiger partial charge in [0, 0.05) is 94.2 Å². The Hall–Kier alpha value is -11.4. The first kappa shape index (κ1) is 104. The summed E-state index contributed by atoms with van der Waals surface area (Å²) in [5, 5.41) is 69.3. The van der Waals surface area contributed by atoms with Crippen molar-refractivity contribution < 1.29 is 217 Å². The summed E-state index contributed by atoms with van der Waals surface area (Å²) < 4.78 is 107. The second kappa shape index (κ2) is 53.0. The number of ketones is 2. The van der Waals surface area contributed by atoms with Crippen LogP contribution in [0.4, 0.5) is 0 Å². The highest BCUT2D eigenvalue weighted by Crippen LogP contribution is 2.36. The molecule has 10 rings (SSSR count). The van der Waals surface area contributed by atoms with E-state index in [1.165, 1.54) is 13.8 Å². The first-order chi connectivity index (χ1) is 58.8. The largest absolute Gasteiger partial charge is 0.513 e. The monoisotopic (exact) mass is 1780 g/mol. The molecule has 10 aliphatic heterocycles. The Bertz CT molecular complexity index is 3480. The Morgan fingerprint density at radius 1 is 0.248 bits per heavy atom. The molecule has 0 spiro atoms. The van der Waals surface area contributed by atoms with E-state index in [9.17, 15) is 81.5 Å². The van der Waals surface area contributed by atoms with Crippen LogP contribution in [0.25, 0.3) is 0 Å². The number of Topliss-reactive ketones (excluding diaryl/α,β-unsaturated/α-hetero) is 2. The van der Waals surface area contributed by atoms with E-state index in [-0.39, 0.29) is 179 Å². The number of aliphatic hydroxyl groups is 3. The molecule has 0 aromatic heterocycles. The first-order valence-corrected chi connectivity index (χ1v) is 38.9. The minimum atomic E-state index is -1.27. The van der Waals surface area contributed by atoms with Gasteiger partial charge in [-0.25, -0.2) is 28.8 Å². The number of rotatable bonds is 40. The van der Waals surface area contributed by atoms with Crippen LogP contribution in [0, 0.1) is 0 Å². The van der Waals surface area contributed by atoms with E-state index in [0.29, 0.717) is 37.8 Å². The highest BCUT2D eigenvalue weighted by molar-refractivity contribution is 5.92. The average molecular weight is 1790 g/mol. The third kappa shape index (κ3) is 37.1. The van der Waals surface area contributed by atoms with Gasteiger partial charge in [-0.1, -0.05) is 27.2 Å². The van der Waals surface area contributed by atoms with Gasteiger partial charge in [0.25, 0.3) is 0 Å². The molecule has 694 valence electrons. The van der Waals surface area contributed by atoms with Gasteiger partial charge >= 0.3 is 89.5 Å². The third-order valence-electron chi connectivity index (χ3n) is 18.7. The summed E-state index contributed by atoms with van der Waals surface area (Å²) in [5.74, 6) is -12.2. The predicted molar refractivity (Wildman–Crippen MR) is 408 cm³/mol. The Labute approximate surface area is 713 Å². The van der Waals surface area contributed by atoms with Crippen molar-refractivity contribution in [3.8, 4) is 0 Å². The Kier molecular flexibility index (Phi) is 44.2. The lowest BCUT2D eigenvalue weighted by molar-refractivity contribution is -0.157. The van der Waals surface area contributed by atoms with Crippen LogP contribution in [0.3, 0.4) is 0 Å². The molecule has 8 N–H and O–H groups in total. The molecule has 45 heteroatoms. The number of carboxylic acid groups (broad SMARTS) is 5. The van der Waals surface area contributed by atoms with Gasteiger partial charge in [0.1, 0.15) is 84.1 Å². The van der Waals surface area contributed by atoms with Crippen LogP contribution in [-0.2, 0) is 176 Å². The molecule has 10 fully saturated rings. The Balaban J connectivity index is 0.000000277. The fourth-order valence-electron chi connectivity index (χ4n) is 13.1. The molecule has 20 atom stereocenters. The molecule has 0 bridgehead atoms. The second-order valence-electron chi connectivity index (χ2n) is 28.6. The van der Waals surface area contributed by atoms with E-state index in [4.69, 9.17) is 136 Å². The third-order valence-corrected chi connectivity index (χ3v) is 18.7. The van der Waals surface area contributed by atoms with E-state index in [1.807, 2.05) is 0 Å². The van der Waals surface area contributed by atoms with Crippen molar-refractivity contribution in [1.82, 2.24) is 0 Å². The second-order valence-corrected chi connectivity index (χ2v) is 28.6. The maximum Gasteiger partial charge on any atom is 0.331 e. The van der Waals surface area contributed by atoms with Gasteiger partial charge in [0.15, 0.2) is 61.0 Å². The van der Waals surface area contributed by atoms with Crippen molar-refractivity contribution >= 4 is 101 Å². The maximum atomic E-state index is 11.8. The van der Waals surface area contributed by atoms with E-state index < -0.39 is 212 Å². The van der Waals surface area contributed by atoms with Crippen molar-refractivity contribution in [2.75, 3.05) is 66.1 Å². The number of carboxylic acids is 5. The summed E-state index contributed by atoms with van der Waals surface area (Å²) in [4.78, 5) is 190. The number of aliphatic hydroxyl groups excluding tert-OH is 3. The molecule has 10 aliphatic rings. The number of ether oxygens (including phenoxy) is 20. The summed E-state index contributed by atoms with van der Waals surface area (Å²) >= 11 is 0. The van der Waals surface area contributed by atoms with Gasteiger partial charge in [0.2, 0.25) is 0 Å². The quantitative estimate of drug-likeness (QED) is 0.0143. The van der Waals surface area contributed by atoms with Gasteiger partial charge in [-0.15, -0.1) is 0 Å². The van der Waals surface area contributed by atoms with Crippen LogP contribution >= 0.6 is 0 Å². The standard InChI is InChI=1S/2C17H24O9.C15H20O9.2C15H16O9.CH4/c2*1-10(18)4-2-6-14(21)25-11-8-23-17-12(9-24-16(11)17)26-15(22)7-3-5-13(19)20;3*1-8(16)2-4-12(19)23-9-6-21-15-10(7-22-14(9)15)24-13(20)5-3-11(17)18;/h2*11-12,16-17H,2-9H2,1H3,(H,19,20);9-10,14-16H,1-7H2,(H,17,18);2*2-5,9-10,14-16H,1,6-7H2,(H,17,18);1H4/t11-,12-,16+,17+;11-,12-,16-,17-;2*9-,10-,14+,15+;9-,10-,14-,15-;/m01001./s1. The van der Waals surface area contributed by atoms with Crippen LogP contribution in [0.5, 0.6) is 0 Å². The number of carbonyl (C=O) groups is 17. The van der Waals surface area contributed by atoms with Crippen LogP contribution in [0.15, 0.2) is 85.6 Å². The fourth-order valence-corrected chi connectivity index (χ4v) is 13.1. The molecule has 0 saturated carbocycles. The van der Waals surface area contributed by atoms with Crippen LogP contribution in [0.1, 0.15) is 124 Å². The van der Waals surface area contributed by atoms with Crippen molar-refractivity contribution in [2.45, 2.75) is 246 Å². The molecule has 0 aliphatic carbocycles. The van der Waals surface area contributed by atoms with Crippen LogP contribution in [0.2, 0.25) is 0 Å². The molecule has 45 nitrogen and oxygen atoms in total. The van der Waals surface area contributed by atoms with E-state index in [1.54, 1.807) is 0 Å². The molecular weight excluding hydrogens is 1680 g/mol. The first-order valence-electron chi connectivity index (χ1n) is 38.9. The van der Waals surface area contributed by atoms with Crippen LogP contribution < -0.4 is 0 Å². The van der Waals surface area contributed by atoms with Gasteiger partial charge in [-0.2, -0.15) is 0 Å². The molecular formula is C80H104O45. The minimum Gasteiger partial charge on any atom is -0.513 e. The number of esters is 10. The minimum absolute atomic E-state index is 0. The zero-order chi connectivity index (χ0) is 91.3. The Morgan fingerprint density at radius 3 is 0.616 bits per heavy atom. The number of hydrogen-bond donors (Lipinski definition) is 8. The average Bonchev–Trinajstić information content (AvgIpc) is 1.68. The summed E-state index contributed by atoms with van der Waals surface area (Å²) in [6.07, 6.45) is -3.18. The summed E-state index contributed by atoms with van der Waals surface area (Å²) in [7, 11) is 0.